The van der Waals surface area contributed by atoms with Gasteiger partial charge < -0.3 is 0 Å². The molecule has 2 rings (SSSR count). The molecule has 0 spiro atoms. The number of amides is 2. The van der Waals surface area contributed by atoms with Crippen molar-refractivity contribution < 1.29 is 9.59 Å². The maximum atomic E-state index is 11.6. The summed E-state index contributed by atoms with van der Waals surface area (Å²) in [6.07, 6.45) is 1.67. The summed E-state index contributed by atoms with van der Waals surface area (Å²) in [5.74, 6) is -0.519. The Morgan fingerprint density at radius 2 is 1.80 bits per heavy atom. The van der Waals surface area contributed by atoms with Crippen LogP contribution in [0.4, 0.5) is 0 Å². The lowest BCUT2D eigenvalue weighted by molar-refractivity contribution is 0.0879. The highest BCUT2D eigenvalue weighted by molar-refractivity contribution is 6.22. The lowest BCUT2D eigenvalue weighted by Crippen LogP contribution is -2.20. The van der Waals surface area contributed by atoms with E-state index in [1.165, 1.54) is 0 Å². The van der Waals surface area contributed by atoms with Crippen molar-refractivity contribution in [2.75, 3.05) is 0 Å². The van der Waals surface area contributed by atoms with Gasteiger partial charge in [-0.15, -0.1) is 0 Å². The Kier molecular flexibility index (Phi) is 2.31. The fourth-order valence-corrected chi connectivity index (χ4v) is 2.11. The smallest absolute Gasteiger partial charge is 0.259 e. The molecule has 3 nitrogen and oxygen atoms in total. The van der Waals surface area contributed by atoms with Crippen LogP contribution >= 0.6 is 0 Å². The van der Waals surface area contributed by atoms with E-state index in [1.807, 2.05) is 13.0 Å². The monoisotopic (exact) mass is 203 g/mol. The minimum absolute atomic E-state index is 0.248. The van der Waals surface area contributed by atoms with E-state index in [0.717, 1.165) is 24.0 Å². The highest BCUT2D eigenvalue weighted by atomic mass is 16.2. The van der Waals surface area contributed by atoms with E-state index in [-0.39, 0.29) is 11.8 Å². The fourth-order valence-electron chi connectivity index (χ4n) is 2.11. The molecule has 1 aromatic carbocycles. The number of carbonyl (C=O) groups is 2. The number of hydrogen-bond donors (Lipinski definition) is 1. The molecule has 78 valence electrons. The van der Waals surface area contributed by atoms with Gasteiger partial charge in [0, 0.05) is 0 Å². The largest absolute Gasteiger partial charge is 0.288 e. The summed E-state index contributed by atoms with van der Waals surface area (Å²) < 4.78 is 0. The molecule has 0 aliphatic carbocycles. The Balaban J connectivity index is 2.70. The lowest BCUT2D eigenvalue weighted by Gasteiger charge is -2.08. The number of benzene rings is 1. The summed E-state index contributed by atoms with van der Waals surface area (Å²) in [5.41, 5.74) is 3.27. The molecule has 0 radical (unpaired) electrons. The first-order valence-corrected chi connectivity index (χ1v) is 5.19. The third kappa shape index (κ3) is 1.35. The highest BCUT2D eigenvalue weighted by Crippen LogP contribution is 2.24. The van der Waals surface area contributed by atoms with Crippen LogP contribution in [0.15, 0.2) is 12.1 Å². The zero-order chi connectivity index (χ0) is 11.0. The SMILES string of the molecule is CCc1ccc2c(c1CC)C(=O)NC2=O. The van der Waals surface area contributed by atoms with Gasteiger partial charge in [0.1, 0.15) is 0 Å². The van der Waals surface area contributed by atoms with Crippen molar-refractivity contribution in [1.29, 1.82) is 0 Å². The predicted molar refractivity (Wildman–Crippen MR) is 57.0 cm³/mol. The quantitative estimate of drug-likeness (QED) is 0.743. The molecule has 1 N–H and O–H groups in total. The maximum absolute atomic E-state index is 11.6. The summed E-state index contributed by atoms with van der Waals surface area (Å²) >= 11 is 0. The summed E-state index contributed by atoms with van der Waals surface area (Å²) in [6, 6.07) is 3.68. The molecule has 1 heterocycles. The van der Waals surface area contributed by atoms with Gasteiger partial charge in [-0.3, -0.25) is 14.9 Å². The van der Waals surface area contributed by atoms with Gasteiger partial charge in [-0.2, -0.15) is 0 Å². The molecule has 1 aromatic rings. The van der Waals surface area contributed by atoms with Crippen LogP contribution in [0.1, 0.15) is 45.7 Å². The molecule has 0 saturated heterocycles. The van der Waals surface area contributed by atoms with Gasteiger partial charge in [-0.1, -0.05) is 19.9 Å². The molecule has 0 bridgehead atoms. The standard InChI is InChI=1S/C12H13NO2/c1-3-7-5-6-9-10(8(7)4-2)12(15)13-11(9)14/h5-6H,3-4H2,1-2H3,(H,13,14,15). The molecule has 0 fully saturated rings. The van der Waals surface area contributed by atoms with Crippen LogP contribution in [0.3, 0.4) is 0 Å². The summed E-state index contributed by atoms with van der Waals surface area (Å²) in [7, 11) is 0. The van der Waals surface area contributed by atoms with Crippen LogP contribution in [0.2, 0.25) is 0 Å². The Bertz CT molecular complexity index is 449. The predicted octanol–water partition coefficient (Wildman–Crippen LogP) is 1.69. The molecule has 3 heteroatoms. The van der Waals surface area contributed by atoms with Crippen LogP contribution in [-0.2, 0) is 12.8 Å². The van der Waals surface area contributed by atoms with E-state index in [2.05, 4.69) is 12.2 Å². The van der Waals surface area contributed by atoms with Crippen LogP contribution in [0.25, 0.3) is 0 Å². The second-order valence-electron chi connectivity index (χ2n) is 3.62. The van der Waals surface area contributed by atoms with Crippen molar-refractivity contribution >= 4 is 11.8 Å². The Morgan fingerprint density at radius 3 is 2.40 bits per heavy atom. The first-order chi connectivity index (χ1) is 7.19. The van der Waals surface area contributed by atoms with E-state index in [0.29, 0.717) is 11.1 Å². The van der Waals surface area contributed by atoms with Crippen LogP contribution in [0, 0.1) is 0 Å². The molecule has 0 atom stereocenters. The number of imide groups is 1. The van der Waals surface area contributed by atoms with E-state index < -0.39 is 0 Å². The first-order valence-electron chi connectivity index (χ1n) is 5.19. The van der Waals surface area contributed by atoms with Gasteiger partial charge in [0.15, 0.2) is 0 Å². The summed E-state index contributed by atoms with van der Waals surface area (Å²) in [5, 5.41) is 2.33. The van der Waals surface area contributed by atoms with Gasteiger partial charge >= 0.3 is 0 Å². The first kappa shape index (κ1) is 9.90. The van der Waals surface area contributed by atoms with Gasteiger partial charge in [0.25, 0.3) is 11.8 Å². The zero-order valence-corrected chi connectivity index (χ0v) is 8.89. The van der Waals surface area contributed by atoms with Crippen molar-refractivity contribution in [3.8, 4) is 0 Å². The van der Waals surface area contributed by atoms with Gasteiger partial charge in [0.2, 0.25) is 0 Å². The molecular weight excluding hydrogens is 190 g/mol. The van der Waals surface area contributed by atoms with Crippen molar-refractivity contribution in [2.24, 2.45) is 0 Å². The molecule has 1 aliphatic heterocycles. The van der Waals surface area contributed by atoms with E-state index in [1.54, 1.807) is 6.07 Å². The molecule has 2 amide bonds. The minimum atomic E-state index is -0.271. The van der Waals surface area contributed by atoms with Crippen LogP contribution < -0.4 is 5.32 Å². The average molecular weight is 203 g/mol. The van der Waals surface area contributed by atoms with E-state index >= 15 is 0 Å². The van der Waals surface area contributed by atoms with Crippen molar-refractivity contribution in [3.63, 3.8) is 0 Å². The second-order valence-corrected chi connectivity index (χ2v) is 3.62. The zero-order valence-electron chi connectivity index (χ0n) is 8.89. The third-order valence-corrected chi connectivity index (χ3v) is 2.84. The van der Waals surface area contributed by atoms with E-state index in [4.69, 9.17) is 0 Å². The second kappa shape index (κ2) is 3.50. The number of fused-ring (bicyclic) bond motifs is 1. The van der Waals surface area contributed by atoms with Crippen LogP contribution in [-0.4, -0.2) is 11.8 Å². The number of rotatable bonds is 2. The Morgan fingerprint density at radius 1 is 1.07 bits per heavy atom. The highest BCUT2D eigenvalue weighted by Gasteiger charge is 2.29. The number of nitrogens with one attached hydrogen (secondary N) is 1. The fraction of sp³-hybridized carbons (Fsp3) is 0.333. The van der Waals surface area contributed by atoms with Gasteiger partial charge in [0.05, 0.1) is 11.1 Å². The van der Waals surface area contributed by atoms with E-state index in [9.17, 15) is 9.59 Å². The molecular formula is C12H13NO2. The number of aryl methyl sites for hydroxylation is 1. The molecule has 15 heavy (non-hydrogen) atoms. The van der Waals surface area contributed by atoms with Crippen molar-refractivity contribution in [2.45, 2.75) is 26.7 Å². The van der Waals surface area contributed by atoms with Crippen molar-refractivity contribution in [3.05, 3.63) is 34.4 Å². The lowest BCUT2D eigenvalue weighted by atomic mass is 9.94. The maximum Gasteiger partial charge on any atom is 0.259 e. The van der Waals surface area contributed by atoms with Gasteiger partial charge in [-0.25, -0.2) is 0 Å². The molecule has 1 aliphatic rings. The average Bonchev–Trinajstić information content (AvgIpc) is 2.53. The Hall–Kier alpha value is -1.64. The van der Waals surface area contributed by atoms with Gasteiger partial charge in [-0.05, 0) is 30.0 Å². The third-order valence-electron chi connectivity index (χ3n) is 2.84. The number of carbonyl (C=O) groups excluding carboxylic acids is 2. The molecule has 0 aromatic heterocycles. The minimum Gasteiger partial charge on any atom is -0.288 e. The number of hydrogen-bond acceptors (Lipinski definition) is 2. The molecule has 0 saturated carbocycles. The van der Waals surface area contributed by atoms with Crippen molar-refractivity contribution in [1.82, 2.24) is 5.32 Å². The van der Waals surface area contributed by atoms with Crippen LogP contribution in [0.5, 0.6) is 0 Å². The topological polar surface area (TPSA) is 46.2 Å². The summed E-state index contributed by atoms with van der Waals surface area (Å²) in [4.78, 5) is 23.0. The molecule has 0 unspecified atom stereocenters. The summed E-state index contributed by atoms with van der Waals surface area (Å²) in [6.45, 7) is 4.06. The Labute approximate surface area is 88.5 Å². The normalized spacial score (nSPS) is 14.0.